The summed E-state index contributed by atoms with van der Waals surface area (Å²) in [5.74, 6) is -2.51. The van der Waals surface area contributed by atoms with Gasteiger partial charge in [0.1, 0.15) is 22.7 Å². The molecule has 0 aliphatic carbocycles. The van der Waals surface area contributed by atoms with Crippen molar-refractivity contribution in [1.82, 2.24) is 25.5 Å². The zero-order valence-corrected chi connectivity index (χ0v) is 16.7. The van der Waals surface area contributed by atoms with Gasteiger partial charge in [-0.25, -0.2) is 23.5 Å². The van der Waals surface area contributed by atoms with Crippen LogP contribution in [-0.4, -0.2) is 52.5 Å². The number of hydrogen-bond acceptors (Lipinski definition) is 5. The van der Waals surface area contributed by atoms with Crippen molar-refractivity contribution >= 4 is 23.5 Å². The fraction of sp³-hybridized carbons (Fsp3) is 0.333. The van der Waals surface area contributed by atoms with Gasteiger partial charge in [0.15, 0.2) is 0 Å². The van der Waals surface area contributed by atoms with Gasteiger partial charge < -0.3 is 20.3 Å². The van der Waals surface area contributed by atoms with Crippen LogP contribution in [-0.2, 0) is 4.79 Å². The monoisotopic (exact) mass is 461 g/mol. The molecule has 1 aromatic heterocycles. The fourth-order valence-corrected chi connectivity index (χ4v) is 3.16. The Labute approximate surface area is 178 Å². The van der Waals surface area contributed by atoms with Gasteiger partial charge in [-0.1, -0.05) is 17.7 Å². The van der Waals surface area contributed by atoms with Crippen LogP contribution in [0.4, 0.5) is 22.4 Å². The first-order valence-electron chi connectivity index (χ1n) is 8.94. The van der Waals surface area contributed by atoms with Crippen LogP contribution in [0.3, 0.4) is 0 Å². The van der Waals surface area contributed by atoms with Crippen molar-refractivity contribution in [3.63, 3.8) is 0 Å². The maximum absolute atomic E-state index is 14.7. The third kappa shape index (κ3) is 4.95. The van der Waals surface area contributed by atoms with Gasteiger partial charge in [0.2, 0.25) is 5.91 Å². The Hall–Kier alpha value is -3.15. The van der Waals surface area contributed by atoms with Crippen LogP contribution < -0.4 is 15.4 Å². The van der Waals surface area contributed by atoms with E-state index in [9.17, 15) is 27.2 Å². The number of hydrogen-bond donors (Lipinski definition) is 2. The molecule has 1 fully saturated rings. The summed E-state index contributed by atoms with van der Waals surface area (Å²) in [6, 6.07) is -1.45. The standard InChI is InChI=1S/C18H16ClF4N5O3/c1-8-15(29)24-4-5-28(8)18(30)27-14(10-2-3-11(20)12(19)13(10)21)9-6-25-17(26-7-9)31-16(22)23/h2-3,6-8,14,16H,4-5H2,1H3,(H,24,29)(H,27,30)/t8-,14-/m1/s1. The summed E-state index contributed by atoms with van der Waals surface area (Å²) >= 11 is 5.66. The smallest absolute Gasteiger partial charge is 0.389 e. The Kier molecular flexibility index (Phi) is 6.78. The number of piperazine rings is 1. The van der Waals surface area contributed by atoms with Crippen LogP contribution in [0.25, 0.3) is 0 Å². The molecule has 0 unspecified atom stereocenters. The van der Waals surface area contributed by atoms with Crippen molar-refractivity contribution in [2.24, 2.45) is 0 Å². The molecule has 1 aliphatic heterocycles. The average molecular weight is 462 g/mol. The van der Waals surface area contributed by atoms with Gasteiger partial charge in [0.05, 0.1) is 6.04 Å². The third-order valence-corrected chi connectivity index (χ3v) is 4.93. The van der Waals surface area contributed by atoms with Crippen molar-refractivity contribution in [3.05, 3.63) is 52.3 Å². The van der Waals surface area contributed by atoms with Crippen molar-refractivity contribution in [1.29, 1.82) is 0 Å². The van der Waals surface area contributed by atoms with Gasteiger partial charge in [0, 0.05) is 36.6 Å². The minimum absolute atomic E-state index is 0.0747. The summed E-state index contributed by atoms with van der Waals surface area (Å²) in [5.41, 5.74) is -0.148. The van der Waals surface area contributed by atoms with Crippen molar-refractivity contribution in [2.75, 3.05) is 13.1 Å². The quantitative estimate of drug-likeness (QED) is 0.527. The number of rotatable bonds is 5. The molecule has 2 aromatic rings. The highest BCUT2D eigenvalue weighted by Gasteiger charge is 2.32. The van der Waals surface area contributed by atoms with Gasteiger partial charge in [-0.3, -0.25) is 4.79 Å². The number of nitrogens with one attached hydrogen (secondary N) is 2. The largest absolute Gasteiger partial charge is 0.401 e. The number of urea groups is 1. The molecular weight excluding hydrogens is 446 g/mol. The third-order valence-electron chi connectivity index (χ3n) is 4.58. The summed E-state index contributed by atoms with van der Waals surface area (Å²) in [6.07, 6.45) is 2.08. The van der Waals surface area contributed by atoms with E-state index in [1.54, 1.807) is 0 Å². The molecule has 31 heavy (non-hydrogen) atoms. The predicted octanol–water partition coefficient (Wildman–Crippen LogP) is 2.63. The van der Waals surface area contributed by atoms with Crippen LogP contribution in [0.15, 0.2) is 24.5 Å². The number of carbonyl (C=O) groups excluding carboxylic acids is 2. The van der Waals surface area contributed by atoms with E-state index in [2.05, 4.69) is 25.3 Å². The summed E-state index contributed by atoms with van der Waals surface area (Å²) in [6.45, 7) is -1.23. The molecule has 0 radical (unpaired) electrons. The first-order chi connectivity index (χ1) is 14.7. The zero-order valence-electron chi connectivity index (χ0n) is 15.9. The number of alkyl halides is 2. The predicted molar refractivity (Wildman–Crippen MR) is 99.6 cm³/mol. The number of amides is 3. The minimum Gasteiger partial charge on any atom is -0.401 e. The molecule has 0 saturated carbocycles. The molecule has 166 valence electrons. The Morgan fingerprint density at radius 3 is 2.65 bits per heavy atom. The molecule has 13 heteroatoms. The number of carbonyl (C=O) groups is 2. The van der Waals surface area contributed by atoms with Gasteiger partial charge in [-0.05, 0) is 13.0 Å². The van der Waals surface area contributed by atoms with E-state index >= 15 is 0 Å². The van der Waals surface area contributed by atoms with Crippen LogP contribution >= 0.6 is 11.6 Å². The summed E-state index contributed by atoms with van der Waals surface area (Å²) in [5, 5.41) is 4.35. The molecule has 2 N–H and O–H groups in total. The minimum atomic E-state index is -3.15. The number of ether oxygens (including phenoxy) is 1. The molecule has 1 aliphatic rings. The maximum Gasteiger partial charge on any atom is 0.389 e. The SMILES string of the molecule is C[C@@H]1C(=O)NCCN1C(=O)N[C@H](c1cnc(OC(F)F)nc1)c1ccc(F)c(Cl)c1F. The van der Waals surface area contributed by atoms with Crippen molar-refractivity contribution in [2.45, 2.75) is 25.6 Å². The lowest BCUT2D eigenvalue weighted by Crippen LogP contribution is -2.58. The lowest BCUT2D eigenvalue weighted by Gasteiger charge is -2.34. The number of benzene rings is 1. The van der Waals surface area contributed by atoms with E-state index in [0.717, 1.165) is 24.5 Å². The van der Waals surface area contributed by atoms with Gasteiger partial charge in [-0.2, -0.15) is 8.78 Å². The second kappa shape index (κ2) is 9.33. The normalized spacial score (nSPS) is 17.3. The number of halogens is 5. The van der Waals surface area contributed by atoms with Crippen molar-refractivity contribution < 1.29 is 31.9 Å². The van der Waals surface area contributed by atoms with E-state index in [-0.39, 0.29) is 30.1 Å². The van der Waals surface area contributed by atoms with Crippen LogP contribution in [0.1, 0.15) is 24.1 Å². The second-order valence-corrected chi connectivity index (χ2v) is 6.86. The molecule has 2 atom stereocenters. The molecular formula is C18H16ClF4N5O3. The van der Waals surface area contributed by atoms with E-state index in [1.807, 2.05) is 0 Å². The van der Waals surface area contributed by atoms with Gasteiger partial charge in [-0.15, -0.1) is 0 Å². The second-order valence-electron chi connectivity index (χ2n) is 6.48. The fourth-order valence-electron chi connectivity index (χ4n) is 2.99. The zero-order chi connectivity index (χ0) is 22.7. The number of nitrogens with zero attached hydrogens (tertiary/aromatic N) is 3. The molecule has 3 rings (SSSR count). The highest BCUT2D eigenvalue weighted by atomic mass is 35.5. The van der Waals surface area contributed by atoms with Gasteiger partial charge >= 0.3 is 18.7 Å². The summed E-state index contributed by atoms with van der Waals surface area (Å²) in [4.78, 5) is 33.1. The molecule has 0 spiro atoms. The maximum atomic E-state index is 14.7. The van der Waals surface area contributed by atoms with E-state index in [0.29, 0.717) is 0 Å². The van der Waals surface area contributed by atoms with Crippen LogP contribution in [0.5, 0.6) is 6.01 Å². The highest BCUT2D eigenvalue weighted by Crippen LogP contribution is 2.30. The molecule has 1 aromatic carbocycles. The van der Waals surface area contributed by atoms with Gasteiger partial charge in [0.25, 0.3) is 0 Å². The highest BCUT2D eigenvalue weighted by molar-refractivity contribution is 6.31. The molecule has 1 saturated heterocycles. The van der Waals surface area contributed by atoms with Crippen LogP contribution in [0, 0.1) is 11.6 Å². The number of aromatic nitrogens is 2. The van der Waals surface area contributed by atoms with E-state index in [1.165, 1.54) is 11.8 Å². The molecule has 0 bridgehead atoms. The summed E-state index contributed by atoms with van der Waals surface area (Å²) in [7, 11) is 0. The summed E-state index contributed by atoms with van der Waals surface area (Å²) < 4.78 is 57.1. The van der Waals surface area contributed by atoms with E-state index < -0.39 is 47.4 Å². The topological polar surface area (TPSA) is 96.5 Å². The Balaban J connectivity index is 1.96. The lowest BCUT2D eigenvalue weighted by molar-refractivity contribution is -0.126. The van der Waals surface area contributed by atoms with E-state index in [4.69, 9.17) is 11.6 Å². The lowest BCUT2D eigenvalue weighted by atomic mass is 10.0. The Bertz CT molecular complexity index is 979. The average Bonchev–Trinajstić information content (AvgIpc) is 2.73. The molecule has 3 amide bonds. The first-order valence-corrected chi connectivity index (χ1v) is 9.31. The van der Waals surface area contributed by atoms with Crippen LogP contribution in [0.2, 0.25) is 5.02 Å². The first kappa shape index (κ1) is 22.5. The Morgan fingerprint density at radius 1 is 1.32 bits per heavy atom. The molecule has 2 heterocycles. The van der Waals surface area contributed by atoms with Crippen molar-refractivity contribution in [3.8, 4) is 6.01 Å². The Morgan fingerprint density at radius 2 is 2.00 bits per heavy atom. The molecule has 8 nitrogen and oxygen atoms in total.